The monoisotopic (exact) mass is 1940 g/mol. The van der Waals surface area contributed by atoms with Crippen molar-refractivity contribution in [2.75, 3.05) is 86.8 Å². The lowest BCUT2D eigenvalue weighted by Crippen LogP contribution is -2.76. The van der Waals surface area contributed by atoms with Crippen LogP contribution in [-0.2, 0) is 107 Å². The van der Waals surface area contributed by atoms with Crippen LogP contribution in [0.4, 0.5) is 25.8 Å². The number of anilines is 1. The molecule has 7 aliphatic heterocycles. The highest BCUT2D eigenvalue weighted by Gasteiger charge is 2.55. The van der Waals surface area contributed by atoms with Gasteiger partial charge >= 0.3 is 18.1 Å². The molecule has 144 heavy (non-hydrogen) atoms. The minimum atomic E-state index is -0.860. The fourth-order valence-electron chi connectivity index (χ4n) is 20.2. The number of piperazine rings is 3. The number of aromatic nitrogens is 4. The summed E-state index contributed by atoms with van der Waals surface area (Å²) in [5.74, 6) is -0.958. The van der Waals surface area contributed by atoms with E-state index in [1.54, 1.807) is 153 Å². The van der Waals surface area contributed by atoms with E-state index in [4.69, 9.17) is 5.73 Å². The molecular weight excluding hydrogens is 1820 g/mol. The van der Waals surface area contributed by atoms with Gasteiger partial charge in [0.1, 0.15) is 59.9 Å². The molecule has 20 rings (SSSR count). The highest BCUT2D eigenvalue weighted by Crippen LogP contribution is 2.43. The summed E-state index contributed by atoms with van der Waals surface area (Å²) in [5.41, 5.74) is 21.8. The van der Waals surface area contributed by atoms with Crippen molar-refractivity contribution >= 4 is 86.7 Å². The molecule has 13 aromatic rings. The fraction of sp³-hybridized carbons (Fsp3) is 0.294. The van der Waals surface area contributed by atoms with Gasteiger partial charge in [-0.15, -0.1) is 0 Å². The van der Waals surface area contributed by atoms with Crippen molar-refractivity contribution in [1.29, 1.82) is 0 Å². The summed E-state index contributed by atoms with van der Waals surface area (Å²) in [6.45, 7) is 6.07. The van der Waals surface area contributed by atoms with E-state index in [1.165, 1.54) is 11.1 Å². The van der Waals surface area contributed by atoms with Crippen molar-refractivity contribution in [3.63, 3.8) is 0 Å². The summed E-state index contributed by atoms with van der Waals surface area (Å²) >= 11 is 0. The third-order valence-electron chi connectivity index (χ3n) is 27.6. The maximum atomic E-state index is 14.4. The van der Waals surface area contributed by atoms with E-state index >= 15 is 0 Å². The number of hydrazine groups is 3. The van der Waals surface area contributed by atoms with Crippen LogP contribution in [0.25, 0.3) is 21.8 Å². The van der Waals surface area contributed by atoms with Gasteiger partial charge < -0.3 is 71.3 Å². The van der Waals surface area contributed by atoms with Crippen LogP contribution in [0.15, 0.2) is 290 Å². The van der Waals surface area contributed by atoms with E-state index in [0.717, 1.165) is 102 Å². The van der Waals surface area contributed by atoms with Gasteiger partial charge in [0, 0.05) is 115 Å². The minimum absolute atomic E-state index is 0.0427. The van der Waals surface area contributed by atoms with Crippen LogP contribution in [-0.4, -0.2) is 270 Å². The number of urea groups is 3. The van der Waals surface area contributed by atoms with Crippen LogP contribution in [0.3, 0.4) is 0 Å². The average molecular weight is 1940 g/mol. The van der Waals surface area contributed by atoms with E-state index in [-0.39, 0.29) is 155 Å². The number of nitrogens with one attached hydrogen (secondary N) is 3. The second kappa shape index (κ2) is 43.4. The molecule has 11 aromatic carbocycles. The number of carbonyl (C=O) groups is 9. The number of hydrogen-bond acceptors (Lipinski definition) is 21. The Morgan fingerprint density at radius 1 is 0.403 bits per heavy atom. The van der Waals surface area contributed by atoms with Crippen LogP contribution in [0, 0.1) is 6.92 Å². The molecule has 12 amide bonds. The van der Waals surface area contributed by atoms with Gasteiger partial charge in [-0.25, -0.2) is 44.4 Å². The van der Waals surface area contributed by atoms with Crippen LogP contribution >= 0.6 is 0 Å². The van der Waals surface area contributed by atoms with Crippen molar-refractivity contribution in [2.45, 2.75) is 128 Å². The standard InChI is InChI=1S/C38H39N7O4.C37H38N8O4.C34H40N8O4/c1-25-9-6-7-12-28(25)20-32-31-14-8-13-29(36(31)41-40-32)22-43-23-34-44(33(37(43)48)19-26-15-17-30(46)18-16-26)35(47)24-42(2)45(34)38(49)39-21-27-10-4-3-5-11-27;1-41-24-35(47)44-33(17-25-12-15-30(46)16-13-25)36(48)42(23-34(44)45(41)37(49)39-19-26-7-3-2-4-8-26)21-27-11-14-28-20-40-43(32(28)18-27)22-29-9-5-6-10-31(29)38;1-37(2)16-17-40-32-26(20-36-40)10-7-11-27(32)21-39-22-30-41(29(33(39)45)18-24-12-14-28(43)15-13-24)31(44)23-38(3)42(30)34(46)35-19-25-8-5-4-6-9-25/h3-18,32-34,46H,19-24H2,1-2H3,(H,39,49);2-16,18,20,33-34,46H,17,19,21-24,38H2,1H3,(H,39,49);4-15,20,29-30,43H,16-19,21-23H2,1-3H3,(H,35,46)/t32?,33-,34-;33-,34-;29-,30-/m000/s1. The minimum Gasteiger partial charge on any atom is -0.508 e. The summed E-state index contributed by atoms with van der Waals surface area (Å²) in [6.07, 6.45) is 2.87. The predicted molar refractivity (Wildman–Crippen MR) is 541 cm³/mol. The van der Waals surface area contributed by atoms with E-state index < -0.39 is 36.6 Å². The molecule has 9 heterocycles. The number of phenols is 3. The Labute approximate surface area is 834 Å². The van der Waals surface area contributed by atoms with E-state index in [0.29, 0.717) is 38.4 Å². The summed E-state index contributed by atoms with van der Waals surface area (Å²) in [5, 5.41) is 68.6. The van der Waals surface area contributed by atoms with Crippen LogP contribution in [0.2, 0.25) is 0 Å². The van der Waals surface area contributed by atoms with E-state index in [1.807, 2.05) is 218 Å². The number of benzene rings is 11. The maximum absolute atomic E-state index is 14.4. The first-order valence-corrected chi connectivity index (χ1v) is 48.2. The number of amides is 12. The fourth-order valence-corrected chi connectivity index (χ4v) is 20.2. The van der Waals surface area contributed by atoms with Crippen molar-refractivity contribution in [1.82, 2.24) is 99.9 Å². The zero-order valence-corrected chi connectivity index (χ0v) is 81.1. The normalized spacial score (nSPS) is 19.1. The SMILES string of the molecule is CN(C)CCn1ncc2cccc(CN3C[C@H]4N(C(=O)CN(C)N4C(=O)NCc4ccccc4)[C@@H](Cc4ccc(O)cc4)C3=O)c21.CN1CC(=O)N2[C@@H](Cc3ccc(O)cc3)C(=O)N(Cc3ccc4cnn(Cc5ccccc5N)c4c3)C[C@@H]2N1C(=O)NCc1ccccc1.Cc1ccccc1CC1N=Nc2c(CN3C[C@H]4N(C(=O)CN(C)N4C(=O)NCc4ccccc4)[C@@H](Cc4ccc(O)cc4)C3=O)cccc21. The number of aryl methyl sites for hydroxylation is 1. The number of carbonyl (C=O) groups excluding carboxylic acids is 9. The summed E-state index contributed by atoms with van der Waals surface area (Å²) < 4.78 is 3.87. The molecule has 35 heteroatoms. The number of nitrogens with two attached hydrogens (primary N) is 1. The lowest BCUT2D eigenvalue weighted by atomic mass is 9.94. The molecule has 6 saturated heterocycles. The number of nitrogen functional groups attached to an aromatic ring is 1. The third-order valence-corrected chi connectivity index (χ3v) is 27.6. The molecule has 1 unspecified atom stereocenters. The molecule has 2 aromatic heterocycles. The predicted octanol–water partition coefficient (Wildman–Crippen LogP) is 11.3. The Balaban J connectivity index is 0.000000142. The molecule has 0 bridgehead atoms. The topological polar surface area (TPSA) is 379 Å². The zero-order valence-electron chi connectivity index (χ0n) is 81.1. The molecule has 0 radical (unpaired) electrons. The van der Waals surface area contributed by atoms with Crippen molar-refractivity contribution in [3.8, 4) is 17.2 Å². The molecular formula is C109H117N23O12. The van der Waals surface area contributed by atoms with Gasteiger partial charge in [-0.2, -0.15) is 20.4 Å². The first-order valence-electron chi connectivity index (χ1n) is 48.2. The highest BCUT2D eigenvalue weighted by atomic mass is 16.3. The van der Waals surface area contributed by atoms with Gasteiger partial charge in [0.25, 0.3) is 0 Å². The Bertz CT molecular complexity index is 6900. The quantitative estimate of drug-likeness (QED) is 0.0261. The molecule has 0 aliphatic carbocycles. The average Bonchev–Trinajstić information content (AvgIpc) is 1.47. The first kappa shape index (κ1) is 97.8. The van der Waals surface area contributed by atoms with Gasteiger partial charge in [-0.1, -0.05) is 218 Å². The number of rotatable bonds is 25. The number of nitrogens with zero attached hydrogens (tertiary/aromatic N) is 19. The van der Waals surface area contributed by atoms with Gasteiger partial charge in [0.05, 0.1) is 81.5 Å². The van der Waals surface area contributed by atoms with Gasteiger partial charge in [-0.05, 0) is 136 Å². The summed E-state index contributed by atoms with van der Waals surface area (Å²) in [4.78, 5) is 138. The molecule has 0 saturated carbocycles. The smallest absolute Gasteiger partial charge is 0.334 e. The van der Waals surface area contributed by atoms with Crippen molar-refractivity contribution in [3.05, 3.63) is 352 Å². The van der Waals surface area contributed by atoms with Crippen molar-refractivity contribution in [2.24, 2.45) is 10.2 Å². The van der Waals surface area contributed by atoms with Gasteiger partial charge in [0.2, 0.25) is 35.4 Å². The molecule has 0 spiro atoms. The second-order valence-corrected chi connectivity index (χ2v) is 37.7. The Morgan fingerprint density at radius 2 is 0.799 bits per heavy atom. The Hall–Kier alpha value is -16.4. The highest BCUT2D eigenvalue weighted by molar-refractivity contribution is 5.95. The molecule has 7 atom stereocenters. The number of phenolic OH excluding ortho intramolecular Hbond substituents is 3. The van der Waals surface area contributed by atoms with Gasteiger partial charge in [0.15, 0.2) is 0 Å². The number of azo groups is 1. The van der Waals surface area contributed by atoms with Crippen molar-refractivity contribution < 1.29 is 58.5 Å². The first-order chi connectivity index (χ1) is 69.7. The third kappa shape index (κ3) is 21.7. The van der Waals surface area contributed by atoms with E-state index in [9.17, 15) is 58.5 Å². The molecule has 6 fully saturated rings. The summed E-state index contributed by atoms with van der Waals surface area (Å²) in [7, 11) is 9.18. The largest absolute Gasteiger partial charge is 0.508 e. The number of aromatic hydroxyl groups is 3. The number of hydrogen-bond donors (Lipinski definition) is 7. The zero-order chi connectivity index (χ0) is 101. The number of fused-ring (bicyclic) bond motifs is 6. The van der Waals surface area contributed by atoms with Gasteiger partial charge in [-0.3, -0.25) is 38.1 Å². The van der Waals surface area contributed by atoms with Crippen LogP contribution < -0.4 is 21.7 Å². The molecule has 8 N–H and O–H groups in total. The van der Waals surface area contributed by atoms with E-state index in [2.05, 4.69) is 60.3 Å². The van der Waals surface area contributed by atoms with Crippen LogP contribution in [0.1, 0.15) is 78.4 Å². The lowest BCUT2D eigenvalue weighted by Gasteiger charge is -2.54. The molecule has 740 valence electrons. The summed E-state index contributed by atoms with van der Waals surface area (Å²) in [6, 6.07) is 78.9. The molecule has 35 nitrogen and oxygen atoms in total. The Morgan fingerprint density at radius 3 is 1.26 bits per heavy atom. The maximum Gasteiger partial charge on any atom is 0.334 e. The number of para-hydroxylation sites is 2. The second-order valence-electron chi connectivity index (χ2n) is 37.7. The van der Waals surface area contributed by atoms with Crippen LogP contribution in [0.5, 0.6) is 17.2 Å². The Kier molecular flexibility index (Phi) is 29.5. The molecule has 7 aliphatic rings. The lowest BCUT2D eigenvalue weighted by molar-refractivity contribution is -0.187. The number of likely N-dealkylation sites (N-methyl/N-ethyl adjacent to an activating group) is 4.